The molecule has 0 aliphatic heterocycles. The summed E-state index contributed by atoms with van der Waals surface area (Å²) in [4.78, 5) is 62.1. The molecule has 4 amide bonds. The molecule has 0 rings (SSSR count). The van der Waals surface area contributed by atoms with Gasteiger partial charge in [-0.2, -0.15) is 8.78 Å². The number of hydrogen-bond donors (Lipinski definition) is 4. The van der Waals surface area contributed by atoms with Crippen LogP contribution in [-0.4, -0.2) is 60.5 Å². The van der Waals surface area contributed by atoms with Crippen LogP contribution in [0.5, 0.6) is 0 Å². The number of carbonyl (C=O) groups is 5. The van der Waals surface area contributed by atoms with Crippen molar-refractivity contribution >= 4 is 29.4 Å². The second-order valence-electron chi connectivity index (χ2n) is 10.3. The zero-order valence-corrected chi connectivity index (χ0v) is 22.3. The molecule has 0 aromatic rings. The van der Waals surface area contributed by atoms with Gasteiger partial charge in [0.1, 0.15) is 6.04 Å². The topological polar surface area (TPSA) is 133 Å². The maximum absolute atomic E-state index is 14.4. The number of rotatable bonds is 14. The monoisotopic (exact) mass is 504 g/mol. The Morgan fingerprint density at radius 1 is 0.771 bits per heavy atom. The molecule has 0 heterocycles. The van der Waals surface area contributed by atoms with E-state index in [1.807, 2.05) is 13.8 Å². The predicted octanol–water partition coefficient (Wildman–Crippen LogP) is 1.80. The number of alkyl halides is 2. The number of hydrogen-bond acceptors (Lipinski definition) is 6. The van der Waals surface area contributed by atoms with Crippen molar-refractivity contribution < 1.29 is 32.8 Å². The lowest BCUT2D eigenvalue weighted by atomic mass is 9.93. The number of halogens is 2. The molecule has 0 saturated carbocycles. The van der Waals surface area contributed by atoms with E-state index >= 15 is 0 Å². The molecule has 0 aromatic heterocycles. The molecule has 0 aliphatic rings. The molecule has 0 aliphatic carbocycles. The summed E-state index contributed by atoms with van der Waals surface area (Å²) in [7, 11) is 0.996. The molecule has 9 nitrogen and oxygen atoms in total. The lowest BCUT2D eigenvalue weighted by Crippen LogP contribution is -2.60. The van der Waals surface area contributed by atoms with Crippen LogP contribution in [0.25, 0.3) is 0 Å². The van der Waals surface area contributed by atoms with Gasteiger partial charge in [-0.1, -0.05) is 55.4 Å². The SMILES string of the molecule is CNC(=O)C(F)(F)C(=O)[C@H](CC(C)C)N[C@H](C(=O)NC(=O)[C@@H](NC(=O)CC(C)C)C(C)C)C(C)C. The summed E-state index contributed by atoms with van der Waals surface area (Å²) < 4.78 is 28.8. The second-order valence-corrected chi connectivity index (χ2v) is 10.3. The summed E-state index contributed by atoms with van der Waals surface area (Å²) in [6.07, 6.45) is 0.148. The van der Waals surface area contributed by atoms with Crippen LogP contribution in [0.4, 0.5) is 8.78 Å². The van der Waals surface area contributed by atoms with E-state index in [0.717, 1.165) is 7.05 Å². The van der Waals surface area contributed by atoms with E-state index in [1.54, 1.807) is 46.9 Å². The number of Topliss-reactive ketones (excluding diaryl/α,β-unsaturated/α-hetero) is 1. The summed E-state index contributed by atoms with van der Waals surface area (Å²) >= 11 is 0. The maximum atomic E-state index is 14.4. The molecule has 0 bridgehead atoms. The Bertz CT molecular complexity index is 769. The van der Waals surface area contributed by atoms with Gasteiger partial charge in [-0.3, -0.25) is 34.6 Å². The first-order valence-corrected chi connectivity index (χ1v) is 12.0. The average molecular weight is 505 g/mol. The molecule has 0 aromatic carbocycles. The van der Waals surface area contributed by atoms with E-state index in [0.29, 0.717) is 0 Å². The van der Waals surface area contributed by atoms with Crippen LogP contribution in [0.3, 0.4) is 0 Å². The van der Waals surface area contributed by atoms with E-state index < -0.39 is 53.5 Å². The summed E-state index contributed by atoms with van der Waals surface area (Å²) in [5.74, 6) is -10.5. The molecule has 0 spiro atoms. The minimum Gasteiger partial charge on any atom is -0.354 e. The smallest absolute Gasteiger partial charge is 0.354 e. The fourth-order valence-corrected chi connectivity index (χ4v) is 3.41. The molecule has 11 heteroatoms. The number of amides is 4. The van der Waals surface area contributed by atoms with Crippen molar-refractivity contribution in [1.82, 2.24) is 21.3 Å². The van der Waals surface area contributed by atoms with Crippen LogP contribution in [-0.2, 0) is 24.0 Å². The third kappa shape index (κ3) is 10.4. The zero-order chi connectivity index (χ0) is 27.7. The van der Waals surface area contributed by atoms with Crippen molar-refractivity contribution in [3.8, 4) is 0 Å². The Morgan fingerprint density at radius 2 is 1.26 bits per heavy atom. The van der Waals surface area contributed by atoms with E-state index in [4.69, 9.17) is 0 Å². The van der Waals surface area contributed by atoms with Crippen molar-refractivity contribution in [2.24, 2.45) is 23.7 Å². The number of carbonyl (C=O) groups excluding carboxylic acids is 5. The molecule has 202 valence electrons. The van der Waals surface area contributed by atoms with Crippen LogP contribution < -0.4 is 21.3 Å². The van der Waals surface area contributed by atoms with Gasteiger partial charge < -0.3 is 10.6 Å². The molecule has 0 unspecified atom stereocenters. The first-order chi connectivity index (χ1) is 15.9. The summed E-state index contributed by atoms with van der Waals surface area (Å²) in [6, 6.07) is -3.68. The molecule has 3 atom stereocenters. The fraction of sp³-hybridized carbons (Fsp3) is 0.792. The lowest BCUT2D eigenvalue weighted by Gasteiger charge is -2.30. The van der Waals surface area contributed by atoms with Crippen LogP contribution in [0.1, 0.15) is 68.2 Å². The average Bonchev–Trinajstić information content (AvgIpc) is 2.71. The predicted molar refractivity (Wildman–Crippen MR) is 128 cm³/mol. The standard InChI is InChI=1S/C24H42F2N4O5/c1-12(2)10-16(20(32)24(25,26)23(35)27-9)28-18(14(5)6)21(33)30-22(34)19(15(7)8)29-17(31)11-13(3)4/h12-16,18-19,28H,10-11H2,1-9H3,(H,27,35)(H,29,31)(H,30,33,34)/t16-,18-,19-/m0/s1. The highest BCUT2D eigenvalue weighted by Crippen LogP contribution is 2.21. The third-order valence-electron chi connectivity index (χ3n) is 5.28. The largest absolute Gasteiger partial charge is 0.383 e. The van der Waals surface area contributed by atoms with Gasteiger partial charge in [0.15, 0.2) is 0 Å². The molecular weight excluding hydrogens is 462 g/mol. The highest BCUT2D eigenvalue weighted by atomic mass is 19.3. The van der Waals surface area contributed by atoms with Gasteiger partial charge in [-0.05, 0) is 30.1 Å². The highest BCUT2D eigenvalue weighted by Gasteiger charge is 2.50. The first kappa shape index (κ1) is 32.6. The van der Waals surface area contributed by atoms with Crippen LogP contribution in [0.15, 0.2) is 0 Å². The van der Waals surface area contributed by atoms with Gasteiger partial charge in [0.25, 0.3) is 5.91 Å². The summed E-state index contributed by atoms with van der Waals surface area (Å²) in [5.41, 5.74) is 0. The van der Waals surface area contributed by atoms with Gasteiger partial charge in [0, 0.05) is 13.5 Å². The Morgan fingerprint density at radius 3 is 1.66 bits per heavy atom. The second kappa shape index (κ2) is 14.2. The van der Waals surface area contributed by atoms with E-state index in [9.17, 15) is 32.8 Å². The molecule has 0 fully saturated rings. The Balaban J connectivity index is 5.74. The highest BCUT2D eigenvalue weighted by molar-refractivity contribution is 6.10. The minimum atomic E-state index is -4.29. The maximum Gasteiger partial charge on any atom is 0.383 e. The molecule has 35 heavy (non-hydrogen) atoms. The lowest BCUT2D eigenvalue weighted by molar-refractivity contribution is -0.159. The molecular formula is C24H42F2N4O5. The Labute approximate surface area is 206 Å². The van der Waals surface area contributed by atoms with Gasteiger partial charge >= 0.3 is 5.92 Å². The molecule has 4 N–H and O–H groups in total. The first-order valence-electron chi connectivity index (χ1n) is 12.0. The fourth-order valence-electron chi connectivity index (χ4n) is 3.41. The van der Waals surface area contributed by atoms with Gasteiger partial charge in [0.05, 0.1) is 12.1 Å². The van der Waals surface area contributed by atoms with Crippen molar-refractivity contribution in [3.63, 3.8) is 0 Å². The zero-order valence-electron chi connectivity index (χ0n) is 22.3. The van der Waals surface area contributed by atoms with E-state index in [2.05, 4.69) is 16.0 Å². The van der Waals surface area contributed by atoms with Crippen molar-refractivity contribution in [3.05, 3.63) is 0 Å². The van der Waals surface area contributed by atoms with Crippen LogP contribution in [0, 0.1) is 23.7 Å². The van der Waals surface area contributed by atoms with Crippen molar-refractivity contribution in [2.75, 3.05) is 7.05 Å². The van der Waals surface area contributed by atoms with E-state index in [1.165, 1.54) is 0 Å². The third-order valence-corrected chi connectivity index (χ3v) is 5.28. The normalized spacial score (nSPS) is 14.6. The number of nitrogens with one attached hydrogen (secondary N) is 4. The Kier molecular flexibility index (Phi) is 13.2. The number of ketones is 1. The molecule has 0 saturated heterocycles. The van der Waals surface area contributed by atoms with Gasteiger partial charge in [-0.15, -0.1) is 0 Å². The van der Waals surface area contributed by atoms with E-state index in [-0.39, 0.29) is 36.5 Å². The van der Waals surface area contributed by atoms with Crippen LogP contribution in [0.2, 0.25) is 0 Å². The van der Waals surface area contributed by atoms with Crippen molar-refractivity contribution in [1.29, 1.82) is 0 Å². The molecule has 0 radical (unpaired) electrons. The number of imide groups is 1. The summed E-state index contributed by atoms with van der Waals surface area (Å²) in [6.45, 7) is 13.8. The summed E-state index contributed by atoms with van der Waals surface area (Å²) in [5, 5.41) is 9.28. The van der Waals surface area contributed by atoms with Gasteiger partial charge in [-0.25, -0.2) is 0 Å². The quantitative estimate of drug-likeness (QED) is 0.267. The van der Waals surface area contributed by atoms with Crippen LogP contribution >= 0.6 is 0 Å². The Hall–Kier alpha value is -2.43. The van der Waals surface area contributed by atoms with Crippen molar-refractivity contribution in [2.45, 2.75) is 92.3 Å². The van der Waals surface area contributed by atoms with Gasteiger partial charge in [0.2, 0.25) is 23.5 Å². The minimum absolute atomic E-state index is 0.0598.